The third kappa shape index (κ3) is 3.87. The molecule has 0 spiro atoms. The number of nitrogens with two attached hydrogens (primary N) is 1. The number of aromatic carboxylic acids is 1. The summed E-state index contributed by atoms with van der Waals surface area (Å²) in [5, 5.41) is 9.06. The number of hydrogen-bond donors (Lipinski definition) is 2. The lowest BCUT2D eigenvalue weighted by Gasteiger charge is -2.26. The van der Waals surface area contributed by atoms with Gasteiger partial charge >= 0.3 is 5.97 Å². The van der Waals surface area contributed by atoms with Gasteiger partial charge in [0.05, 0.1) is 5.56 Å². The van der Waals surface area contributed by atoms with Crippen molar-refractivity contribution in [2.45, 2.75) is 46.2 Å². The molecule has 1 aromatic carbocycles. The van der Waals surface area contributed by atoms with E-state index in [2.05, 4.69) is 0 Å². The number of nitrogens with zero attached hydrogens (tertiary/aromatic N) is 1. The SMILES string of the molecule is CC(C)(C)C(=O)CC[C@@H](C(N)=O)N1Cc2cc(C(=O)O)ccc2C1=O. The molecule has 0 saturated carbocycles. The minimum absolute atomic E-state index is 0.0175. The summed E-state index contributed by atoms with van der Waals surface area (Å²) in [5.74, 6) is -2.16. The molecule has 7 nitrogen and oxygen atoms in total. The normalized spacial score (nSPS) is 15.0. The smallest absolute Gasteiger partial charge is 0.335 e. The van der Waals surface area contributed by atoms with Gasteiger partial charge in [-0.15, -0.1) is 0 Å². The number of hydrogen-bond acceptors (Lipinski definition) is 4. The number of carbonyl (C=O) groups excluding carboxylic acids is 3. The maximum atomic E-state index is 12.6. The number of carbonyl (C=O) groups is 4. The van der Waals surface area contributed by atoms with Crippen LogP contribution in [0.5, 0.6) is 0 Å². The fraction of sp³-hybridized carbons (Fsp3) is 0.444. The van der Waals surface area contributed by atoms with Crippen molar-refractivity contribution in [3.63, 3.8) is 0 Å². The molecule has 0 radical (unpaired) electrons. The zero-order chi connectivity index (χ0) is 18.9. The summed E-state index contributed by atoms with van der Waals surface area (Å²) in [7, 11) is 0. The molecule has 1 aliphatic rings. The number of fused-ring (bicyclic) bond motifs is 1. The highest BCUT2D eigenvalue weighted by Gasteiger charge is 2.36. The summed E-state index contributed by atoms with van der Waals surface area (Å²) in [5.41, 5.74) is 5.89. The van der Waals surface area contributed by atoms with E-state index in [1.165, 1.54) is 23.1 Å². The molecule has 1 heterocycles. The van der Waals surface area contributed by atoms with E-state index in [9.17, 15) is 19.2 Å². The minimum atomic E-state index is -1.09. The number of ketones is 1. The number of amides is 2. The Morgan fingerprint density at radius 2 is 1.92 bits per heavy atom. The number of carboxylic acids is 1. The van der Waals surface area contributed by atoms with E-state index in [1.807, 2.05) is 0 Å². The number of rotatable bonds is 6. The molecule has 3 N–H and O–H groups in total. The molecule has 7 heteroatoms. The molecule has 0 unspecified atom stereocenters. The second-order valence-electron chi connectivity index (χ2n) is 7.24. The van der Waals surface area contributed by atoms with Crippen molar-refractivity contribution < 1.29 is 24.3 Å². The van der Waals surface area contributed by atoms with Gasteiger partial charge in [-0.2, -0.15) is 0 Å². The third-order valence-corrected chi connectivity index (χ3v) is 4.37. The first-order chi connectivity index (χ1) is 11.5. The Balaban J connectivity index is 2.20. The van der Waals surface area contributed by atoms with E-state index in [0.717, 1.165) is 0 Å². The summed E-state index contributed by atoms with van der Waals surface area (Å²) in [6.07, 6.45) is 0.286. The minimum Gasteiger partial charge on any atom is -0.478 e. The predicted molar refractivity (Wildman–Crippen MR) is 90.0 cm³/mol. The summed E-state index contributed by atoms with van der Waals surface area (Å²) < 4.78 is 0. The van der Waals surface area contributed by atoms with Gasteiger partial charge in [-0.05, 0) is 30.2 Å². The van der Waals surface area contributed by atoms with Gasteiger partial charge in [0.15, 0.2) is 0 Å². The first kappa shape index (κ1) is 18.6. The molecule has 134 valence electrons. The van der Waals surface area contributed by atoms with Gasteiger partial charge in [0.25, 0.3) is 5.91 Å². The monoisotopic (exact) mass is 346 g/mol. The Kier molecular flexibility index (Phi) is 4.97. The molecule has 2 amide bonds. The highest BCUT2D eigenvalue weighted by Crippen LogP contribution is 2.28. The second kappa shape index (κ2) is 6.66. The molecule has 2 rings (SSSR count). The molecule has 1 aromatic rings. The van der Waals surface area contributed by atoms with Gasteiger partial charge in [0.2, 0.25) is 5.91 Å². The number of primary amides is 1. The van der Waals surface area contributed by atoms with Crippen LogP contribution in [0.15, 0.2) is 18.2 Å². The molecule has 1 aliphatic heterocycles. The van der Waals surface area contributed by atoms with Gasteiger partial charge < -0.3 is 15.7 Å². The Labute approximate surface area is 145 Å². The first-order valence-corrected chi connectivity index (χ1v) is 8.02. The van der Waals surface area contributed by atoms with Gasteiger partial charge in [-0.1, -0.05) is 20.8 Å². The number of Topliss-reactive ketones (excluding diaryl/α,β-unsaturated/α-hetero) is 1. The van der Waals surface area contributed by atoms with Crippen LogP contribution in [0.25, 0.3) is 0 Å². The average Bonchev–Trinajstić information content (AvgIpc) is 2.82. The highest BCUT2D eigenvalue weighted by atomic mass is 16.4. The van der Waals surface area contributed by atoms with Crippen LogP contribution in [0.1, 0.15) is 59.9 Å². The van der Waals surface area contributed by atoms with Gasteiger partial charge in [0, 0.05) is 23.9 Å². The zero-order valence-corrected chi connectivity index (χ0v) is 14.5. The fourth-order valence-electron chi connectivity index (χ4n) is 2.82. The molecule has 1 atom stereocenters. The highest BCUT2D eigenvalue weighted by molar-refractivity contribution is 6.02. The van der Waals surface area contributed by atoms with Crippen LogP contribution in [0.4, 0.5) is 0 Å². The van der Waals surface area contributed by atoms with Crippen LogP contribution in [0, 0.1) is 5.41 Å². The van der Waals surface area contributed by atoms with Crippen molar-refractivity contribution in [3.05, 3.63) is 34.9 Å². The van der Waals surface area contributed by atoms with Crippen LogP contribution in [-0.2, 0) is 16.1 Å². The quantitative estimate of drug-likeness (QED) is 0.811. The lowest BCUT2D eigenvalue weighted by Crippen LogP contribution is -2.45. The second-order valence-corrected chi connectivity index (χ2v) is 7.24. The van der Waals surface area contributed by atoms with Crippen molar-refractivity contribution in [3.8, 4) is 0 Å². The maximum absolute atomic E-state index is 12.6. The molecule has 0 aromatic heterocycles. The van der Waals surface area contributed by atoms with Crippen molar-refractivity contribution in [1.29, 1.82) is 0 Å². The van der Waals surface area contributed by atoms with Crippen LogP contribution < -0.4 is 5.73 Å². The Morgan fingerprint density at radius 3 is 2.44 bits per heavy atom. The van der Waals surface area contributed by atoms with E-state index >= 15 is 0 Å². The van der Waals surface area contributed by atoms with E-state index in [1.54, 1.807) is 20.8 Å². The lowest BCUT2D eigenvalue weighted by atomic mass is 9.87. The third-order valence-electron chi connectivity index (χ3n) is 4.37. The first-order valence-electron chi connectivity index (χ1n) is 8.02. The van der Waals surface area contributed by atoms with Crippen LogP contribution >= 0.6 is 0 Å². The molecule has 25 heavy (non-hydrogen) atoms. The summed E-state index contributed by atoms with van der Waals surface area (Å²) >= 11 is 0. The topological polar surface area (TPSA) is 118 Å². The Bertz CT molecular complexity index is 748. The summed E-state index contributed by atoms with van der Waals surface area (Å²) in [6, 6.07) is 3.32. The average molecular weight is 346 g/mol. The lowest BCUT2D eigenvalue weighted by molar-refractivity contribution is -0.127. The zero-order valence-electron chi connectivity index (χ0n) is 14.5. The maximum Gasteiger partial charge on any atom is 0.335 e. The van der Waals surface area contributed by atoms with Gasteiger partial charge in [-0.3, -0.25) is 14.4 Å². The van der Waals surface area contributed by atoms with E-state index in [4.69, 9.17) is 10.8 Å². The predicted octanol–water partition coefficient (Wildman–Crippen LogP) is 1.59. The van der Waals surface area contributed by atoms with Gasteiger partial charge in [0.1, 0.15) is 11.8 Å². The van der Waals surface area contributed by atoms with Crippen molar-refractivity contribution in [1.82, 2.24) is 4.90 Å². The van der Waals surface area contributed by atoms with Crippen molar-refractivity contribution in [2.24, 2.45) is 11.1 Å². The van der Waals surface area contributed by atoms with Crippen LogP contribution in [-0.4, -0.2) is 39.6 Å². The van der Waals surface area contributed by atoms with Gasteiger partial charge in [-0.25, -0.2) is 4.79 Å². The molecule has 0 fully saturated rings. The standard InChI is InChI=1S/C18H22N2O5/c1-18(2,3)14(21)7-6-13(15(19)22)20-9-11-8-10(17(24)25)4-5-12(11)16(20)23/h4-5,8,13H,6-7,9H2,1-3H3,(H2,19,22)(H,24,25)/t13-/m0/s1. The van der Waals surface area contributed by atoms with Crippen molar-refractivity contribution in [2.75, 3.05) is 0 Å². The van der Waals surface area contributed by atoms with Crippen LogP contribution in [0.3, 0.4) is 0 Å². The Morgan fingerprint density at radius 1 is 1.28 bits per heavy atom. The number of benzene rings is 1. The summed E-state index contributed by atoms with van der Waals surface area (Å²) in [4.78, 5) is 48.9. The van der Waals surface area contributed by atoms with Crippen molar-refractivity contribution >= 4 is 23.6 Å². The molecular formula is C18H22N2O5. The van der Waals surface area contributed by atoms with E-state index in [-0.39, 0.29) is 36.6 Å². The van der Waals surface area contributed by atoms with Crippen LogP contribution in [0.2, 0.25) is 0 Å². The van der Waals surface area contributed by atoms with E-state index < -0.39 is 23.3 Å². The largest absolute Gasteiger partial charge is 0.478 e. The fourth-order valence-corrected chi connectivity index (χ4v) is 2.82. The van der Waals surface area contributed by atoms with E-state index in [0.29, 0.717) is 11.1 Å². The molecule has 0 aliphatic carbocycles. The molecular weight excluding hydrogens is 324 g/mol. The molecule has 0 saturated heterocycles. The summed E-state index contributed by atoms with van der Waals surface area (Å²) in [6.45, 7) is 5.48. The Hall–Kier alpha value is -2.70. The molecule has 0 bridgehead atoms. The number of carboxylic acid groups (broad SMARTS) is 1.